The van der Waals surface area contributed by atoms with Gasteiger partial charge in [0.25, 0.3) is 0 Å². The summed E-state index contributed by atoms with van der Waals surface area (Å²) >= 11 is 0. The zero-order valence-corrected chi connectivity index (χ0v) is 18.9. The van der Waals surface area contributed by atoms with Crippen molar-refractivity contribution in [2.45, 2.75) is 31.2 Å². The summed E-state index contributed by atoms with van der Waals surface area (Å²) in [5.41, 5.74) is 3.32. The number of carbonyl (C=O) groups excluding carboxylic acids is 1. The fourth-order valence-electron chi connectivity index (χ4n) is 4.68. The molecule has 0 aliphatic carbocycles. The Bertz CT molecular complexity index is 955. The van der Waals surface area contributed by atoms with Crippen molar-refractivity contribution in [3.05, 3.63) is 59.7 Å². The Morgan fingerprint density at radius 1 is 1.19 bits per heavy atom. The Labute approximate surface area is 190 Å². The molecular formula is C25H33N5O2. The standard InChI is InChI=1S/C25H33N5O2/c1-26-25(27-16-19-15-24(31)29-22-11-4-3-10-21(19)22)28-17-23(30-12-5-6-13-30)18-8-7-9-20(14-18)32-2/h3-4,7-11,14,19,23H,5-6,12-13,15-17H2,1-2H3,(H,29,31)(H2,26,27,28). The van der Waals surface area contributed by atoms with Gasteiger partial charge in [-0.3, -0.25) is 14.7 Å². The molecule has 2 aliphatic rings. The van der Waals surface area contributed by atoms with Crippen LogP contribution in [0.2, 0.25) is 0 Å². The molecule has 0 bridgehead atoms. The molecule has 4 rings (SSSR count). The summed E-state index contributed by atoms with van der Waals surface area (Å²) in [6.45, 7) is 3.60. The molecule has 2 unspecified atom stereocenters. The zero-order valence-electron chi connectivity index (χ0n) is 18.9. The normalized spacial score (nSPS) is 19.8. The van der Waals surface area contributed by atoms with Gasteiger partial charge >= 0.3 is 0 Å². The lowest BCUT2D eigenvalue weighted by atomic mass is 9.90. The van der Waals surface area contributed by atoms with Crippen LogP contribution in [-0.4, -0.2) is 57.1 Å². The minimum absolute atomic E-state index is 0.0607. The van der Waals surface area contributed by atoms with E-state index < -0.39 is 0 Å². The molecule has 0 saturated carbocycles. The first kappa shape index (κ1) is 22.1. The first-order chi connectivity index (χ1) is 15.7. The quantitative estimate of drug-likeness (QED) is 0.460. The van der Waals surface area contributed by atoms with Crippen molar-refractivity contribution in [3.63, 3.8) is 0 Å². The smallest absolute Gasteiger partial charge is 0.225 e. The number of likely N-dealkylation sites (tertiary alicyclic amines) is 1. The van der Waals surface area contributed by atoms with Gasteiger partial charge in [0.1, 0.15) is 5.75 Å². The van der Waals surface area contributed by atoms with Crippen LogP contribution in [0.15, 0.2) is 53.5 Å². The van der Waals surface area contributed by atoms with Crippen LogP contribution in [-0.2, 0) is 4.79 Å². The van der Waals surface area contributed by atoms with Gasteiger partial charge in [0.15, 0.2) is 5.96 Å². The number of aliphatic imine (C=N–C) groups is 1. The van der Waals surface area contributed by atoms with Gasteiger partial charge in [-0.05, 0) is 55.3 Å². The molecule has 1 saturated heterocycles. The van der Waals surface area contributed by atoms with E-state index in [2.05, 4.69) is 50.1 Å². The highest BCUT2D eigenvalue weighted by Gasteiger charge is 2.26. The number of amides is 1. The Morgan fingerprint density at radius 3 is 2.78 bits per heavy atom. The summed E-state index contributed by atoms with van der Waals surface area (Å²) < 4.78 is 5.45. The number of methoxy groups -OCH3 is 1. The lowest BCUT2D eigenvalue weighted by molar-refractivity contribution is -0.116. The number of benzene rings is 2. The predicted molar refractivity (Wildman–Crippen MR) is 128 cm³/mol. The fourth-order valence-corrected chi connectivity index (χ4v) is 4.68. The first-order valence-corrected chi connectivity index (χ1v) is 11.4. The van der Waals surface area contributed by atoms with Gasteiger partial charge < -0.3 is 20.7 Å². The highest BCUT2D eigenvalue weighted by atomic mass is 16.5. The number of hydrogen-bond acceptors (Lipinski definition) is 4. The van der Waals surface area contributed by atoms with E-state index in [-0.39, 0.29) is 17.9 Å². The number of hydrogen-bond donors (Lipinski definition) is 3. The molecule has 2 atom stereocenters. The van der Waals surface area contributed by atoms with Gasteiger partial charge in [0.05, 0.1) is 13.2 Å². The van der Waals surface area contributed by atoms with Crippen LogP contribution < -0.4 is 20.7 Å². The number of carbonyl (C=O) groups is 1. The molecule has 2 heterocycles. The summed E-state index contributed by atoms with van der Waals surface area (Å²) in [5.74, 6) is 1.81. The van der Waals surface area contributed by atoms with Crippen molar-refractivity contribution in [3.8, 4) is 5.75 Å². The van der Waals surface area contributed by atoms with E-state index in [1.807, 2.05) is 24.3 Å². The van der Waals surface area contributed by atoms with Crippen LogP contribution in [0.4, 0.5) is 5.69 Å². The number of ether oxygens (including phenoxy) is 1. The summed E-state index contributed by atoms with van der Waals surface area (Å²) in [5, 5.41) is 9.91. The predicted octanol–water partition coefficient (Wildman–Crippen LogP) is 3.12. The molecule has 1 amide bonds. The van der Waals surface area contributed by atoms with Crippen LogP contribution in [0.1, 0.15) is 42.3 Å². The maximum Gasteiger partial charge on any atom is 0.225 e. The molecule has 0 spiro atoms. The maximum atomic E-state index is 12.1. The Balaban J connectivity index is 1.41. The highest BCUT2D eigenvalue weighted by molar-refractivity contribution is 5.94. The lowest BCUT2D eigenvalue weighted by Crippen LogP contribution is -2.44. The molecule has 7 nitrogen and oxygen atoms in total. The third-order valence-electron chi connectivity index (χ3n) is 6.37. The number of rotatable bonds is 7. The van der Waals surface area contributed by atoms with Crippen molar-refractivity contribution in [1.29, 1.82) is 0 Å². The third-order valence-corrected chi connectivity index (χ3v) is 6.37. The molecule has 7 heteroatoms. The van der Waals surface area contributed by atoms with Gasteiger partial charge in [-0.15, -0.1) is 0 Å². The minimum atomic E-state index is 0.0607. The van der Waals surface area contributed by atoms with Gasteiger partial charge in [-0.25, -0.2) is 0 Å². The topological polar surface area (TPSA) is 78.0 Å². The second-order valence-corrected chi connectivity index (χ2v) is 8.41. The lowest BCUT2D eigenvalue weighted by Gasteiger charge is -2.30. The van der Waals surface area contributed by atoms with Gasteiger partial charge in [-0.1, -0.05) is 30.3 Å². The third kappa shape index (κ3) is 5.22. The van der Waals surface area contributed by atoms with Crippen molar-refractivity contribution in [2.75, 3.05) is 45.7 Å². The van der Waals surface area contributed by atoms with Gasteiger partial charge in [0, 0.05) is 38.2 Å². The van der Waals surface area contributed by atoms with E-state index in [0.717, 1.165) is 37.0 Å². The number of anilines is 1. The van der Waals surface area contributed by atoms with Crippen molar-refractivity contribution < 1.29 is 9.53 Å². The SMILES string of the molecule is CN=C(NCC1CC(=O)Nc2ccccc21)NCC(c1cccc(OC)c1)N1CCCC1. The minimum Gasteiger partial charge on any atom is -0.497 e. The van der Waals surface area contributed by atoms with Crippen LogP contribution in [0, 0.1) is 0 Å². The fraction of sp³-hybridized carbons (Fsp3) is 0.440. The first-order valence-electron chi connectivity index (χ1n) is 11.4. The van der Waals surface area contributed by atoms with Crippen LogP contribution in [0.5, 0.6) is 5.75 Å². The van der Waals surface area contributed by atoms with E-state index in [0.29, 0.717) is 13.0 Å². The molecule has 170 valence electrons. The molecule has 3 N–H and O–H groups in total. The summed E-state index contributed by atoms with van der Waals surface area (Å²) in [4.78, 5) is 19.1. The molecule has 2 aromatic carbocycles. The zero-order chi connectivity index (χ0) is 22.3. The molecule has 32 heavy (non-hydrogen) atoms. The monoisotopic (exact) mass is 435 g/mol. The molecule has 2 aliphatic heterocycles. The number of guanidine groups is 1. The van der Waals surface area contributed by atoms with Crippen LogP contribution >= 0.6 is 0 Å². The van der Waals surface area contributed by atoms with E-state index >= 15 is 0 Å². The van der Waals surface area contributed by atoms with Gasteiger partial charge in [0.2, 0.25) is 5.91 Å². The Morgan fingerprint density at radius 2 is 2.00 bits per heavy atom. The molecular weight excluding hydrogens is 402 g/mol. The van der Waals surface area contributed by atoms with Crippen molar-refractivity contribution >= 4 is 17.6 Å². The van der Waals surface area contributed by atoms with E-state index in [9.17, 15) is 4.79 Å². The molecule has 0 radical (unpaired) electrons. The molecule has 2 aromatic rings. The van der Waals surface area contributed by atoms with E-state index in [1.165, 1.54) is 24.0 Å². The summed E-state index contributed by atoms with van der Waals surface area (Å²) in [7, 11) is 3.49. The van der Waals surface area contributed by atoms with Gasteiger partial charge in [-0.2, -0.15) is 0 Å². The maximum absolute atomic E-state index is 12.1. The van der Waals surface area contributed by atoms with E-state index in [1.54, 1.807) is 14.2 Å². The summed E-state index contributed by atoms with van der Waals surface area (Å²) in [6.07, 6.45) is 2.94. The molecule has 0 aromatic heterocycles. The largest absolute Gasteiger partial charge is 0.497 e. The highest BCUT2D eigenvalue weighted by Crippen LogP contribution is 2.31. The van der Waals surface area contributed by atoms with E-state index in [4.69, 9.17) is 4.74 Å². The summed E-state index contributed by atoms with van der Waals surface area (Å²) in [6, 6.07) is 16.6. The average Bonchev–Trinajstić information content (AvgIpc) is 3.35. The number of nitrogens with zero attached hydrogens (tertiary/aromatic N) is 2. The van der Waals surface area contributed by atoms with Crippen LogP contribution in [0.3, 0.4) is 0 Å². The molecule has 1 fully saturated rings. The van der Waals surface area contributed by atoms with Crippen molar-refractivity contribution in [1.82, 2.24) is 15.5 Å². The van der Waals surface area contributed by atoms with Crippen molar-refractivity contribution in [2.24, 2.45) is 4.99 Å². The second-order valence-electron chi connectivity index (χ2n) is 8.41. The second kappa shape index (κ2) is 10.5. The Hall–Kier alpha value is -3.06. The average molecular weight is 436 g/mol. The number of fused-ring (bicyclic) bond motifs is 1. The number of para-hydroxylation sites is 1. The number of nitrogens with one attached hydrogen (secondary N) is 3. The Kier molecular flexibility index (Phi) is 7.27. The van der Waals surface area contributed by atoms with Crippen LogP contribution in [0.25, 0.3) is 0 Å².